The average molecular weight is 256 g/mol. The molecule has 0 aromatic heterocycles. The van der Waals surface area contributed by atoms with E-state index in [1.54, 1.807) is 24.3 Å². The van der Waals surface area contributed by atoms with E-state index in [1.807, 2.05) is 6.07 Å². The zero-order valence-electron chi connectivity index (χ0n) is 9.58. The standard InChI is InChI=1S/C12H17O4P/c13-17(14,15)12(9-5-2-6-10-12)16-11-7-3-1-4-8-11/h1,3-4,7-8H,2,5-6,9-10H2,(H2,13,14,15). The highest BCUT2D eigenvalue weighted by molar-refractivity contribution is 7.53. The molecule has 17 heavy (non-hydrogen) atoms. The molecule has 4 nitrogen and oxygen atoms in total. The van der Waals surface area contributed by atoms with Gasteiger partial charge in [0, 0.05) is 0 Å². The Morgan fingerprint density at radius 2 is 1.65 bits per heavy atom. The van der Waals surface area contributed by atoms with Crippen molar-refractivity contribution in [1.29, 1.82) is 0 Å². The minimum absolute atomic E-state index is 0.423. The van der Waals surface area contributed by atoms with Crippen LogP contribution in [0, 0.1) is 0 Å². The first-order chi connectivity index (χ1) is 8.04. The fourth-order valence-electron chi connectivity index (χ4n) is 2.26. The largest absolute Gasteiger partial charge is 0.475 e. The highest BCUT2D eigenvalue weighted by Crippen LogP contribution is 2.58. The van der Waals surface area contributed by atoms with Gasteiger partial charge in [-0.3, -0.25) is 4.57 Å². The number of para-hydroxylation sites is 1. The first kappa shape index (κ1) is 12.6. The summed E-state index contributed by atoms with van der Waals surface area (Å²) in [6.07, 6.45) is 3.47. The highest BCUT2D eigenvalue weighted by atomic mass is 31.2. The summed E-state index contributed by atoms with van der Waals surface area (Å²) in [5.74, 6) is 0.526. The second kappa shape index (κ2) is 4.81. The summed E-state index contributed by atoms with van der Waals surface area (Å²) in [6, 6.07) is 8.90. The summed E-state index contributed by atoms with van der Waals surface area (Å²) in [5.41, 5.74) is 0. The Hall–Kier alpha value is -0.830. The molecular weight excluding hydrogens is 239 g/mol. The fraction of sp³-hybridized carbons (Fsp3) is 0.500. The van der Waals surface area contributed by atoms with E-state index in [4.69, 9.17) is 4.74 Å². The molecule has 0 atom stereocenters. The van der Waals surface area contributed by atoms with Crippen molar-refractivity contribution in [3.05, 3.63) is 30.3 Å². The van der Waals surface area contributed by atoms with E-state index in [9.17, 15) is 14.4 Å². The molecule has 1 saturated carbocycles. The second-order valence-electron chi connectivity index (χ2n) is 4.47. The summed E-state index contributed by atoms with van der Waals surface area (Å²) in [5, 5.41) is -1.31. The lowest BCUT2D eigenvalue weighted by molar-refractivity contribution is 0.0788. The van der Waals surface area contributed by atoms with Gasteiger partial charge < -0.3 is 14.5 Å². The third-order valence-electron chi connectivity index (χ3n) is 3.22. The van der Waals surface area contributed by atoms with Crippen molar-refractivity contribution < 1.29 is 19.1 Å². The maximum atomic E-state index is 11.7. The van der Waals surface area contributed by atoms with E-state index >= 15 is 0 Å². The van der Waals surface area contributed by atoms with Gasteiger partial charge in [0.25, 0.3) is 0 Å². The van der Waals surface area contributed by atoms with Crippen LogP contribution in [0.2, 0.25) is 0 Å². The van der Waals surface area contributed by atoms with Crippen molar-refractivity contribution >= 4 is 7.60 Å². The molecule has 94 valence electrons. The summed E-state index contributed by atoms with van der Waals surface area (Å²) >= 11 is 0. The van der Waals surface area contributed by atoms with Gasteiger partial charge in [-0.1, -0.05) is 24.6 Å². The Morgan fingerprint density at radius 3 is 2.18 bits per heavy atom. The van der Waals surface area contributed by atoms with E-state index in [0.29, 0.717) is 18.6 Å². The van der Waals surface area contributed by atoms with Gasteiger partial charge in [-0.15, -0.1) is 0 Å². The van der Waals surface area contributed by atoms with Crippen LogP contribution in [-0.4, -0.2) is 15.1 Å². The zero-order chi connectivity index (χ0) is 12.4. The lowest BCUT2D eigenvalue weighted by Crippen LogP contribution is -2.38. The number of hydrogen-bond acceptors (Lipinski definition) is 2. The molecule has 1 aromatic rings. The molecule has 1 aliphatic carbocycles. The van der Waals surface area contributed by atoms with Gasteiger partial charge in [0.05, 0.1) is 0 Å². The SMILES string of the molecule is O=P(O)(O)C1(Oc2ccccc2)CCCCC1. The number of ether oxygens (including phenoxy) is 1. The van der Waals surface area contributed by atoms with Crippen molar-refractivity contribution in [2.24, 2.45) is 0 Å². The minimum Gasteiger partial charge on any atom is -0.475 e. The molecule has 2 N–H and O–H groups in total. The van der Waals surface area contributed by atoms with Crippen molar-refractivity contribution in [1.82, 2.24) is 0 Å². The lowest BCUT2D eigenvalue weighted by Gasteiger charge is -2.37. The Balaban J connectivity index is 2.25. The molecule has 0 unspecified atom stereocenters. The van der Waals surface area contributed by atoms with Gasteiger partial charge >= 0.3 is 7.60 Å². The van der Waals surface area contributed by atoms with Crippen LogP contribution < -0.4 is 4.74 Å². The molecule has 0 bridgehead atoms. The normalized spacial score (nSPS) is 19.9. The third kappa shape index (κ3) is 2.71. The molecule has 2 rings (SSSR count). The Labute approximate surface area is 101 Å². The molecule has 5 heteroatoms. The van der Waals surface area contributed by atoms with Crippen LogP contribution in [0.15, 0.2) is 30.3 Å². The van der Waals surface area contributed by atoms with Crippen LogP contribution in [0.4, 0.5) is 0 Å². The van der Waals surface area contributed by atoms with E-state index in [1.165, 1.54) is 0 Å². The molecule has 0 aliphatic heterocycles. The molecule has 0 heterocycles. The van der Waals surface area contributed by atoms with E-state index < -0.39 is 12.9 Å². The topological polar surface area (TPSA) is 66.8 Å². The predicted molar refractivity (Wildman–Crippen MR) is 64.9 cm³/mol. The first-order valence-electron chi connectivity index (χ1n) is 5.83. The maximum absolute atomic E-state index is 11.7. The van der Waals surface area contributed by atoms with Crippen LogP contribution in [0.25, 0.3) is 0 Å². The van der Waals surface area contributed by atoms with E-state index in [-0.39, 0.29) is 0 Å². The van der Waals surface area contributed by atoms with Gasteiger partial charge in [-0.25, -0.2) is 0 Å². The van der Waals surface area contributed by atoms with Crippen LogP contribution >= 0.6 is 7.60 Å². The van der Waals surface area contributed by atoms with Crippen LogP contribution in [-0.2, 0) is 4.57 Å². The van der Waals surface area contributed by atoms with Crippen molar-refractivity contribution in [3.63, 3.8) is 0 Å². The molecule has 1 aliphatic rings. The number of benzene rings is 1. The zero-order valence-corrected chi connectivity index (χ0v) is 10.5. The number of hydrogen-bond donors (Lipinski definition) is 2. The Bertz CT molecular complexity index is 406. The highest BCUT2D eigenvalue weighted by Gasteiger charge is 2.49. The monoisotopic (exact) mass is 256 g/mol. The van der Waals surface area contributed by atoms with Crippen molar-refractivity contribution in [2.75, 3.05) is 0 Å². The summed E-state index contributed by atoms with van der Waals surface area (Å²) in [7, 11) is -4.26. The predicted octanol–water partition coefficient (Wildman–Crippen LogP) is 2.90. The van der Waals surface area contributed by atoms with Crippen molar-refractivity contribution in [3.8, 4) is 5.75 Å². The van der Waals surface area contributed by atoms with Crippen LogP contribution in [0.5, 0.6) is 5.75 Å². The van der Waals surface area contributed by atoms with E-state index in [2.05, 4.69) is 0 Å². The molecule has 1 fully saturated rings. The summed E-state index contributed by atoms with van der Waals surface area (Å²) in [6.45, 7) is 0. The molecule has 0 saturated heterocycles. The van der Waals surface area contributed by atoms with Crippen LogP contribution in [0.1, 0.15) is 32.1 Å². The molecule has 0 radical (unpaired) electrons. The quantitative estimate of drug-likeness (QED) is 0.816. The third-order valence-corrected chi connectivity index (χ3v) is 4.82. The van der Waals surface area contributed by atoms with E-state index in [0.717, 1.165) is 19.3 Å². The molecule has 0 amide bonds. The van der Waals surface area contributed by atoms with Gasteiger partial charge in [-0.2, -0.15) is 0 Å². The molecular formula is C12H17O4P. The average Bonchev–Trinajstić information content (AvgIpc) is 2.30. The Morgan fingerprint density at radius 1 is 1.06 bits per heavy atom. The van der Waals surface area contributed by atoms with Gasteiger partial charge in [-0.05, 0) is 37.8 Å². The first-order valence-corrected chi connectivity index (χ1v) is 7.44. The lowest BCUT2D eigenvalue weighted by atomic mass is 9.97. The smallest absolute Gasteiger partial charge is 0.368 e. The summed E-state index contributed by atoms with van der Waals surface area (Å²) < 4.78 is 17.3. The van der Waals surface area contributed by atoms with Gasteiger partial charge in [0.1, 0.15) is 5.75 Å². The van der Waals surface area contributed by atoms with Crippen LogP contribution in [0.3, 0.4) is 0 Å². The van der Waals surface area contributed by atoms with Gasteiger partial charge in [0.2, 0.25) is 5.34 Å². The minimum atomic E-state index is -4.26. The molecule has 1 aromatic carbocycles. The molecule has 0 spiro atoms. The second-order valence-corrected chi connectivity index (χ2v) is 6.37. The maximum Gasteiger partial charge on any atom is 0.368 e. The van der Waals surface area contributed by atoms with Crippen molar-refractivity contribution in [2.45, 2.75) is 37.4 Å². The number of rotatable bonds is 3. The summed E-state index contributed by atoms with van der Waals surface area (Å²) in [4.78, 5) is 19.1. The fourth-order valence-corrected chi connectivity index (χ4v) is 3.39. The Kier molecular flexibility index (Phi) is 3.57. The van der Waals surface area contributed by atoms with Gasteiger partial charge in [0.15, 0.2) is 0 Å².